The number of aryl methyl sites for hydroxylation is 3. The molecular formula is C38H44O8. The number of hydrogen-bond donors (Lipinski definition) is 0. The van der Waals surface area contributed by atoms with Gasteiger partial charge in [0, 0.05) is 13.0 Å². The number of rotatable bonds is 19. The molecule has 0 aliphatic carbocycles. The van der Waals surface area contributed by atoms with Crippen molar-refractivity contribution in [2.24, 2.45) is 0 Å². The molecule has 0 aliphatic heterocycles. The summed E-state index contributed by atoms with van der Waals surface area (Å²) in [5.41, 5.74) is 3.85. The van der Waals surface area contributed by atoms with Crippen LogP contribution in [-0.4, -0.2) is 37.1 Å². The number of carbonyl (C=O) groups excluding carboxylic acids is 4. The van der Waals surface area contributed by atoms with E-state index < -0.39 is 11.9 Å². The Morgan fingerprint density at radius 1 is 0.630 bits per heavy atom. The van der Waals surface area contributed by atoms with Crippen LogP contribution in [0.2, 0.25) is 0 Å². The van der Waals surface area contributed by atoms with Crippen molar-refractivity contribution in [2.75, 3.05) is 13.2 Å². The van der Waals surface area contributed by atoms with E-state index in [1.807, 2.05) is 24.3 Å². The summed E-state index contributed by atoms with van der Waals surface area (Å²) < 4.78 is 21.1. The fourth-order valence-electron chi connectivity index (χ4n) is 4.76. The van der Waals surface area contributed by atoms with Gasteiger partial charge in [-0.2, -0.15) is 0 Å². The molecule has 0 radical (unpaired) electrons. The molecule has 0 aliphatic rings. The first-order valence-electron chi connectivity index (χ1n) is 15.9. The summed E-state index contributed by atoms with van der Waals surface area (Å²) >= 11 is 0. The molecule has 0 bridgehead atoms. The molecule has 0 saturated heterocycles. The average Bonchev–Trinajstić information content (AvgIpc) is 3.05. The van der Waals surface area contributed by atoms with Gasteiger partial charge < -0.3 is 18.9 Å². The van der Waals surface area contributed by atoms with E-state index >= 15 is 0 Å². The fourth-order valence-corrected chi connectivity index (χ4v) is 4.76. The van der Waals surface area contributed by atoms with Gasteiger partial charge in [0.1, 0.15) is 11.5 Å². The van der Waals surface area contributed by atoms with Crippen LogP contribution in [0.1, 0.15) is 95.7 Å². The van der Waals surface area contributed by atoms with Gasteiger partial charge in [-0.3, -0.25) is 4.79 Å². The van der Waals surface area contributed by atoms with Crippen LogP contribution in [0.4, 0.5) is 0 Å². The van der Waals surface area contributed by atoms with Crippen LogP contribution in [0.15, 0.2) is 79.4 Å². The minimum atomic E-state index is -0.463. The van der Waals surface area contributed by atoms with Gasteiger partial charge in [0.2, 0.25) is 0 Å². The lowest BCUT2D eigenvalue weighted by Crippen LogP contribution is -2.10. The second-order valence-electron chi connectivity index (χ2n) is 11.1. The molecule has 8 heteroatoms. The van der Waals surface area contributed by atoms with Gasteiger partial charge in [0.25, 0.3) is 0 Å². The van der Waals surface area contributed by atoms with E-state index in [9.17, 15) is 19.2 Å². The first-order valence-corrected chi connectivity index (χ1v) is 15.9. The quantitative estimate of drug-likeness (QED) is 0.0570. The van der Waals surface area contributed by atoms with Gasteiger partial charge in [-0.1, -0.05) is 56.5 Å². The minimum Gasteiger partial charge on any atom is -0.466 e. The Kier molecular flexibility index (Phi) is 15.3. The van der Waals surface area contributed by atoms with Crippen LogP contribution in [0.25, 0.3) is 0 Å². The summed E-state index contributed by atoms with van der Waals surface area (Å²) in [5.74, 6) is -0.802. The number of esters is 4. The Bertz CT molecular complexity index is 1440. The van der Waals surface area contributed by atoms with Crippen LogP contribution < -0.4 is 9.47 Å². The van der Waals surface area contributed by atoms with Crippen LogP contribution in [-0.2, 0) is 31.9 Å². The minimum absolute atomic E-state index is 0.242. The predicted octanol–water partition coefficient (Wildman–Crippen LogP) is 7.93. The molecule has 0 aromatic heterocycles. The van der Waals surface area contributed by atoms with Crippen molar-refractivity contribution in [1.82, 2.24) is 0 Å². The Morgan fingerprint density at radius 2 is 1.13 bits per heavy atom. The van der Waals surface area contributed by atoms with E-state index in [1.165, 1.54) is 13.0 Å². The van der Waals surface area contributed by atoms with Crippen LogP contribution in [0, 0.1) is 6.92 Å². The lowest BCUT2D eigenvalue weighted by Gasteiger charge is -2.11. The predicted molar refractivity (Wildman–Crippen MR) is 176 cm³/mol. The first kappa shape index (κ1) is 35.8. The van der Waals surface area contributed by atoms with Crippen molar-refractivity contribution in [2.45, 2.75) is 78.1 Å². The third kappa shape index (κ3) is 13.1. The van der Waals surface area contributed by atoms with Gasteiger partial charge >= 0.3 is 23.9 Å². The second kappa shape index (κ2) is 19.6. The number of hydrogen-bond acceptors (Lipinski definition) is 8. The molecule has 3 rings (SSSR count). The maximum Gasteiger partial charge on any atom is 0.343 e. The smallest absolute Gasteiger partial charge is 0.343 e. The van der Waals surface area contributed by atoms with E-state index in [4.69, 9.17) is 18.9 Å². The molecule has 0 unspecified atom stereocenters. The molecule has 0 amide bonds. The van der Waals surface area contributed by atoms with Crippen LogP contribution in [0.5, 0.6) is 11.5 Å². The maximum atomic E-state index is 12.8. The van der Waals surface area contributed by atoms with Crippen molar-refractivity contribution in [3.63, 3.8) is 0 Å². The first-order chi connectivity index (χ1) is 22.2. The zero-order valence-corrected chi connectivity index (χ0v) is 26.9. The molecule has 0 atom stereocenters. The molecule has 3 aromatic rings. The summed E-state index contributed by atoms with van der Waals surface area (Å²) in [4.78, 5) is 47.3. The highest BCUT2D eigenvalue weighted by molar-refractivity contribution is 5.92. The van der Waals surface area contributed by atoms with Gasteiger partial charge in [-0.15, -0.1) is 0 Å². The molecule has 3 aromatic carbocycles. The van der Waals surface area contributed by atoms with E-state index in [0.717, 1.165) is 75.3 Å². The highest BCUT2D eigenvalue weighted by atomic mass is 16.5. The Balaban J connectivity index is 1.39. The normalized spacial score (nSPS) is 10.6. The maximum absolute atomic E-state index is 12.8. The van der Waals surface area contributed by atoms with Gasteiger partial charge in [0.15, 0.2) is 0 Å². The lowest BCUT2D eigenvalue weighted by molar-refractivity contribution is -0.141. The van der Waals surface area contributed by atoms with Crippen molar-refractivity contribution in [3.05, 3.63) is 107 Å². The summed E-state index contributed by atoms with van der Waals surface area (Å²) in [6, 6.07) is 19.7. The number of benzene rings is 3. The van der Waals surface area contributed by atoms with E-state index in [2.05, 4.69) is 6.58 Å². The molecule has 0 spiro atoms. The van der Waals surface area contributed by atoms with Crippen molar-refractivity contribution < 1.29 is 38.1 Å². The number of unbranched alkanes of at least 4 members (excludes halogenated alkanes) is 6. The van der Waals surface area contributed by atoms with Gasteiger partial charge in [-0.05, 0) is 105 Å². The van der Waals surface area contributed by atoms with E-state index in [1.54, 1.807) is 49.4 Å². The molecule has 0 fully saturated rings. The Labute approximate surface area is 271 Å². The number of ether oxygens (including phenoxy) is 4. The fraction of sp³-hybridized carbons (Fsp3) is 0.368. The second-order valence-corrected chi connectivity index (χ2v) is 11.1. The monoisotopic (exact) mass is 628 g/mol. The highest BCUT2D eigenvalue weighted by Gasteiger charge is 2.14. The Morgan fingerprint density at radius 3 is 1.63 bits per heavy atom. The van der Waals surface area contributed by atoms with Crippen molar-refractivity contribution in [1.29, 1.82) is 0 Å². The van der Waals surface area contributed by atoms with Crippen molar-refractivity contribution in [3.8, 4) is 11.5 Å². The standard InChI is InChI=1S/C38H44O8/c1-4-36(40)44-26-12-8-6-10-14-31-17-21-33(22-18-31)38(42)46-35-24-23-34(27-28(35)2)45-37(41)32-19-15-30(16-20-32)13-9-5-7-11-25-43-29(3)39/h4,15-24,27H,1,5-14,25-26H2,2-3H3. The summed E-state index contributed by atoms with van der Waals surface area (Å²) in [5, 5.41) is 0. The lowest BCUT2D eigenvalue weighted by atomic mass is 10.0. The topological polar surface area (TPSA) is 105 Å². The third-order valence-corrected chi connectivity index (χ3v) is 7.37. The van der Waals surface area contributed by atoms with Gasteiger partial charge in [-0.25, -0.2) is 14.4 Å². The molecule has 0 N–H and O–H groups in total. The summed E-state index contributed by atoms with van der Waals surface area (Å²) in [6.45, 7) is 7.46. The van der Waals surface area contributed by atoms with Crippen LogP contribution >= 0.6 is 0 Å². The Hall–Kier alpha value is -4.72. The molecule has 0 heterocycles. The van der Waals surface area contributed by atoms with Crippen LogP contribution in [0.3, 0.4) is 0 Å². The van der Waals surface area contributed by atoms with Crippen molar-refractivity contribution >= 4 is 23.9 Å². The molecule has 244 valence electrons. The molecular weight excluding hydrogens is 584 g/mol. The zero-order chi connectivity index (χ0) is 33.1. The zero-order valence-electron chi connectivity index (χ0n) is 26.9. The van der Waals surface area contributed by atoms with E-state index in [0.29, 0.717) is 41.4 Å². The molecule has 46 heavy (non-hydrogen) atoms. The SMILES string of the molecule is C=CC(=O)OCCCCCCc1ccc(C(=O)Oc2ccc(OC(=O)c3ccc(CCCCCCOC(C)=O)cc3)cc2C)cc1. The number of carbonyl (C=O) groups is 4. The summed E-state index contributed by atoms with van der Waals surface area (Å²) in [7, 11) is 0. The molecule has 0 saturated carbocycles. The largest absolute Gasteiger partial charge is 0.466 e. The van der Waals surface area contributed by atoms with Gasteiger partial charge in [0.05, 0.1) is 24.3 Å². The van der Waals surface area contributed by atoms with E-state index in [-0.39, 0.29) is 11.9 Å². The molecule has 8 nitrogen and oxygen atoms in total. The third-order valence-electron chi connectivity index (χ3n) is 7.37. The summed E-state index contributed by atoms with van der Waals surface area (Å²) in [6.07, 6.45) is 10.7. The highest BCUT2D eigenvalue weighted by Crippen LogP contribution is 2.25. The average molecular weight is 629 g/mol.